The SMILES string of the molecule is CN(CCOCC1CC1)C(=O)c1cc(N)cn1C1CC1. The van der Waals surface area contributed by atoms with Gasteiger partial charge in [0.25, 0.3) is 5.91 Å². The summed E-state index contributed by atoms with van der Waals surface area (Å²) in [6, 6.07) is 2.24. The maximum Gasteiger partial charge on any atom is 0.270 e. The van der Waals surface area contributed by atoms with Crippen molar-refractivity contribution in [2.24, 2.45) is 5.92 Å². The van der Waals surface area contributed by atoms with Crippen LogP contribution in [0.1, 0.15) is 42.2 Å². The van der Waals surface area contributed by atoms with E-state index in [2.05, 4.69) is 0 Å². The molecule has 20 heavy (non-hydrogen) atoms. The first kappa shape index (κ1) is 13.5. The molecule has 1 heterocycles. The zero-order chi connectivity index (χ0) is 14.1. The fourth-order valence-electron chi connectivity index (χ4n) is 2.36. The minimum absolute atomic E-state index is 0.0311. The summed E-state index contributed by atoms with van der Waals surface area (Å²) < 4.78 is 7.61. The number of aromatic nitrogens is 1. The highest BCUT2D eigenvalue weighted by Crippen LogP contribution is 2.37. The number of anilines is 1. The van der Waals surface area contributed by atoms with E-state index in [4.69, 9.17) is 10.5 Å². The number of hydrogen-bond acceptors (Lipinski definition) is 3. The van der Waals surface area contributed by atoms with Crippen molar-refractivity contribution in [2.45, 2.75) is 31.7 Å². The first-order valence-corrected chi connectivity index (χ1v) is 7.45. The topological polar surface area (TPSA) is 60.5 Å². The smallest absolute Gasteiger partial charge is 0.270 e. The molecule has 0 bridgehead atoms. The molecular formula is C15H23N3O2. The molecule has 5 heteroatoms. The Morgan fingerprint density at radius 3 is 2.85 bits per heavy atom. The Bertz CT molecular complexity index is 489. The monoisotopic (exact) mass is 277 g/mol. The third-order valence-corrected chi connectivity index (χ3v) is 4.00. The lowest BCUT2D eigenvalue weighted by molar-refractivity contribution is 0.0671. The lowest BCUT2D eigenvalue weighted by atomic mass is 10.3. The number of nitrogens with zero attached hydrogens (tertiary/aromatic N) is 2. The van der Waals surface area contributed by atoms with Gasteiger partial charge in [-0.15, -0.1) is 0 Å². The minimum Gasteiger partial charge on any atom is -0.397 e. The van der Waals surface area contributed by atoms with E-state index in [1.165, 1.54) is 12.8 Å². The Morgan fingerprint density at radius 2 is 2.20 bits per heavy atom. The van der Waals surface area contributed by atoms with Crippen LogP contribution in [-0.2, 0) is 4.74 Å². The largest absolute Gasteiger partial charge is 0.397 e. The molecule has 5 nitrogen and oxygen atoms in total. The molecule has 0 radical (unpaired) electrons. The van der Waals surface area contributed by atoms with Gasteiger partial charge in [-0.3, -0.25) is 4.79 Å². The molecule has 0 atom stereocenters. The van der Waals surface area contributed by atoms with Crippen LogP contribution in [0.5, 0.6) is 0 Å². The van der Waals surface area contributed by atoms with Crippen LogP contribution >= 0.6 is 0 Å². The van der Waals surface area contributed by atoms with Crippen molar-refractivity contribution < 1.29 is 9.53 Å². The fraction of sp³-hybridized carbons (Fsp3) is 0.667. The van der Waals surface area contributed by atoms with Gasteiger partial charge >= 0.3 is 0 Å². The van der Waals surface area contributed by atoms with Gasteiger partial charge in [0.1, 0.15) is 5.69 Å². The van der Waals surface area contributed by atoms with Crippen LogP contribution in [-0.4, -0.2) is 42.2 Å². The van der Waals surface area contributed by atoms with Gasteiger partial charge in [0.15, 0.2) is 0 Å². The molecular weight excluding hydrogens is 254 g/mol. The number of ether oxygens (including phenoxy) is 1. The number of carbonyl (C=O) groups is 1. The van der Waals surface area contributed by atoms with Gasteiger partial charge in [-0.25, -0.2) is 0 Å². The van der Waals surface area contributed by atoms with Gasteiger partial charge in [0.2, 0.25) is 0 Å². The zero-order valence-corrected chi connectivity index (χ0v) is 12.0. The molecule has 2 fully saturated rings. The summed E-state index contributed by atoms with van der Waals surface area (Å²) >= 11 is 0. The molecule has 3 rings (SSSR count). The number of nitrogen functional groups attached to an aromatic ring is 1. The van der Waals surface area contributed by atoms with Crippen LogP contribution in [0.15, 0.2) is 12.3 Å². The normalized spacial score (nSPS) is 18.2. The number of nitrogens with two attached hydrogens (primary N) is 1. The first-order chi connectivity index (χ1) is 9.65. The Morgan fingerprint density at radius 1 is 1.45 bits per heavy atom. The highest BCUT2D eigenvalue weighted by Gasteiger charge is 2.28. The summed E-state index contributed by atoms with van der Waals surface area (Å²) in [7, 11) is 1.82. The predicted molar refractivity (Wildman–Crippen MR) is 77.6 cm³/mol. The van der Waals surface area contributed by atoms with Crippen LogP contribution in [0.25, 0.3) is 0 Å². The Kier molecular flexibility index (Phi) is 3.70. The van der Waals surface area contributed by atoms with E-state index in [0.29, 0.717) is 30.6 Å². The van der Waals surface area contributed by atoms with Crippen molar-refractivity contribution in [3.63, 3.8) is 0 Å². The average Bonchev–Trinajstić information content (AvgIpc) is 3.33. The summed E-state index contributed by atoms with van der Waals surface area (Å²) in [5, 5.41) is 0. The molecule has 0 unspecified atom stereocenters. The van der Waals surface area contributed by atoms with Gasteiger partial charge in [0.05, 0.1) is 12.3 Å². The van der Waals surface area contributed by atoms with Crippen molar-refractivity contribution in [3.8, 4) is 0 Å². The van der Waals surface area contributed by atoms with Crippen molar-refractivity contribution in [2.75, 3.05) is 32.5 Å². The van der Waals surface area contributed by atoms with Crippen LogP contribution in [0.3, 0.4) is 0 Å². The van der Waals surface area contributed by atoms with Crippen LogP contribution in [0.4, 0.5) is 5.69 Å². The summed E-state index contributed by atoms with van der Waals surface area (Å²) in [4.78, 5) is 14.2. The Hall–Kier alpha value is -1.49. The molecule has 2 aliphatic rings. The quantitative estimate of drug-likeness (QED) is 0.774. The van der Waals surface area contributed by atoms with Crippen LogP contribution < -0.4 is 5.73 Å². The lowest BCUT2D eigenvalue weighted by Gasteiger charge is -2.18. The second-order valence-corrected chi connectivity index (χ2v) is 6.04. The average molecular weight is 277 g/mol. The van der Waals surface area contributed by atoms with E-state index in [-0.39, 0.29) is 5.91 Å². The second kappa shape index (κ2) is 5.48. The molecule has 0 aliphatic heterocycles. The maximum atomic E-state index is 12.4. The molecule has 0 saturated heterocycles. The van der Waals surface area contributed by atoms with Gasteiger partial charge < -0.3 is 19.9 Å². The van der Waals surface area contributed by atoms with E-state index in [0.717, 1.165) is 25.4 Å². The van der Waals surface area contributed by atoms with E-state index in [1.54, 1.807) is 11.0 Å². The van der Waals surface area contributed by atoms with E-state index >= 15 is 0 Å². The standard InChI is InChI=1S/C15H23N3O2/c1-17(6-7-20-10-11-2-3-11)15(19)14-8-12(16)9-18(14)13-4-5-13/h8-9,11,13H,2-7,10,16H2,1H3. The molecule has 1 amide bonds. The molecule has 2 aliphatic carbocycles. The summed E-state index contributed by atoms with van der Waals surface area (Å²) in [5.74, 6) is 0.798. The zero-order valence-electron chi connectivity index (χ0n) is 12.0. The van der Waals surface area contributed by atoms with Gasteiger partial charge in [-0.2, -0.15) is 0 Å². The molecule has 110 valence electrons. The highest BCUT2D eigenvalue weighted by molar-refractivity contribution is 5.93. The van der Waals surface area contributed by atoms with Crippen molar-refractivity contribution in [3.05, 3.63) is 18.0 Å². The Balaban J connectivity index is 1.53. The summed E-state index contributed by atoms with van der Waals surface area (Å²) in [6.45, 7) is 2.08. The lowest BCUT2D eigenvalue weighted by Crippen LogP contribution is -2.31. The van der Waals surface area contributed by atoms with E-state index in [1.807, 2.05) is 17.8 Å². The van der Waals surface area contributed by atoms with Gasteiger partial charge in [-0.1, -0.05) is 0 Å². The van der Waals surface area contributed by atoms with Crippen molar-refractivity contribution in [1.82, 2.24) is 9.47 Å². The summed E-state index contributed by atoms with van der Waals surface area (Å²) in [5.41, 5.74) is 7.20. The molecule has 0 spiro atoms. The maximum absolute atomic E-state index is 12.4. The fourth-order valence-corrected chi connectivity index (χ4v) is 2.36. The van der Waals surface area contributed by atoms with Crippen LogP contribution in [0.2, 0.25) is 0 Å². The predicted octanol–water partition coefficient (Wildman–Crippen LogP) is 1.90. The Labute approximate surface area is 119 Å². The third kappa shape index (κ3) is 3.15. The van der Waals surface area contributed by atoms with Gasteiger partial charge in [-0.05, 0) is 37.7 Å². The van der Waals surface area contributed by atoms with Crippen molar-refractivity contribution in [1.29, 1.82) is 0 Å². The number of likely N-dealkylation sites (N-methyl/N-ethyl adjacent to an activating group) is 1. The minimum atomic E-state index is 0.0311. The van der Waals surface area contributed by atoms with E-state index in [9.17, 15) is 4.79 Å². The molecule has 0 aromatic carbocycles. The second-order valence-electron chi connectivity index (χ2n) is 6.04. The number of rotatable bonds is 7. The molecule has 2 N–H and O–H groups in total. The van der Waals surface area contributed by atoms with E-state index < -0.39 is 0 Å². The third-order valence-electron chi connectivity index (χ3n) is 4.00. The van der Waals surface area contributed by atoms with Crippen molar-refractivity contribution >= 4 is 11.6 Å². The van der Waals surface area contributed by atoms with Gasteiger partial charge in [0, 0.05) is 32.4 Å². The number of hydrogen-bond donors (Lipinski definition) is 1. The number of carbonyl (C=O) groups excluding carboxylic acids is 1. The van der Waals surface area contributed by atoms with Crippen LogP contribution in [0, 0.1) is 5.92 Å². The highest BCUT2D eigenvalue weighted by atomic mass is 16.5. The molecule has 1 aromatic rings. The molecule has 1 aromatic heterocycles. The summed E-state index contributed by atoms with van der Waals surface area (Å²) in [6.07, 6.45) is 6.75. The molecule has 2 saturated carbocycles. The first-order valence-electron chi connectivity index (χ1n) is 7.45. The number of amides is 1.